The molecule has 2 nitrogen and oxygen atoms in total. The summed E-state index contributed by atoms with van der Waals surface area (Å²) in [4.78, 5) is 0. The molecule has 38 valence electrons. The average molecular weight is 173 g/mol. The molecule has 1 saturated heterocycles. The molecular formula is C3H8N2Ru. The van der Waals surface area contributed by atoms with Crippen molar-refractivity contribution in [2.45, 2.75) is 0 Å². The van der Waals surface area contributed by atoms with Gasteiger partial charge in [0, 0.05) is 39.2 Å². The average Bonchev–Trinajstić information content (AvgIpc) is 1.76. The van der Waals surface area contributed by atoms with E-state index in [0.29, 0.717) is 0 Å². The number of hydrogen-bond acceptors (Lipinski definition) is 2. The van der Waals surface area contributed by atoms with Gasteiger partial charge in [0.2, 0.25) is 0 Å². The molecule has 0 bridgehead atoms. The Balaban J connectivity index is 0.000000250. The van der Waals surface area contributed by atoms with Crippen molar-refractivity contribution in [1.29, 1.82) is 0 Å². The van der Waals surface area contributed by atoms with Crippen molar-refractivity contribution in [2.75, 3.05) is 19.8 Å². The summed E-state index contributed by atoms with van der Waals surface area (Å²) in [5, 5.41) is 6.22. The van der Waals surface area contributed by atoms with Crippen molar-refractivity contribution in [1.82, 2.24) is 10.6 Å². The fraction of sp³-hybridized carbons (Fsp3) is 1.00. The van der Waals surface area contributed by atoms with Gasteiger partial charge in [0.25, 0.3) is 0 Å². The Hall–Kier alpha value is 0.543. The molecule has 1 rings (SSSR count). The molecule has 3 heteroatoms. The molecule has 0 unspecified atom stereocenters. The molecule has 6 heavy (non-hydrogen) atoms. The van der Waals surface area contributed by atoms with Gasteiger partial charge in [-0.2, -0.15) is 0 Å². The molecule has 1 fully saturated rings. The van der Waals surface area contributed by atoms with Crippen LogP contribution in [-0.4, -0.2) is 19.8 Å². The molecule has 1 aliphatic rings. The third kappa shape index (κ3) is 1.86. The first-order valence-electron chi connectivity index (χ1n) is 1.91. The first kappa shape index (κ1) is 6.54. The van der Waals surface area contributed by atoms with Gasteiger partial charge in [0.15, 0.2) is 0 Å². The molecule has 1 aliphatic heterocycles. The second-order valence-electron chi connectivity index (χ2n) is 1.18. The van der Waals surface area contributed by atoms with Gasteiger partial charge in [-0.15, -0.1) is 0 Å². The van der Waals surface area contributed by atoms with Crippen molar-refractivity contribution in [2.24, 2.45) is 0 Å². The Morgan fingerprint density at radius 2 is 1.50 bits per heavy atom. The van der Waals surface area contributed by atoms with Crippen LogP contribution >= 0.6 is 0 Å². The van der Waals surface area contributed by atoms with Gasteiger partial charge in [-0.1, -0.05) is 0 Å². The fourth-order valence-corrected chi connectivity index (χ4v) is 0.442. The Kier molecular flexibility index (Phi) is 4.06. The van der Waals surface area contributed by atoms with Crippen LogP contribution < -0.4 is 10.6 Å². The summed E-state index contributed by atoms with van der Waals surface area (Å²) >= 11 is 0. The van der Waals surface area contributed by atoms with E-state index in [1.807, 2.05) is 0 Å². The van der Waals surface area contributed by atoms with Crippen LogP contribution in [0.4, 0.5) is 0 Å². The minimum absolute atomic E-state index is 0. The smallest absolute Gasteiger partial charge is 0.0455 e. The summed E-state index contributed by atoms with van der Waals surface area (Å²) in [7, 11) is 0. The van der Waals surface area contributed by atoms with Gasteiger partial charge in [0.05, 0.1) is 0 Å². The monoisotopic (exact) mass is 174 g/mol. The molecule has 1 heterocycles. The Labute approximate surface area is 50.4 Å². The van der Waals surface area contributed by atoms with Gasteiger partial charge in [-0.3, -0.25) is 0 Å². The zero-order valence-electron chi connectivity index (χ0n) is 3.47. The zero-order valence-corrected chi connectivity index (χ0v) is 5.21. The summed E-state index contributed by atoms with van der Waals surface area (Å²) in [6.45, 7) is 3.28. The van der Waals surface area contributed by atoms with Gasteiger partial charge in [-0.05, 0) is 0 Å². The van der Waals surface area contributed by atoms with Crippen LogP contribution in [-0.2, 0) is 19.5 Å². The maximum atomic E-state index is 3.11. The van der Waals surface area contributed by atoms with Crippen molar-refractivity contribution in [3.63, 3.8) is 0 Å². The van der Waals surface area contributed by atoms with E-state index in [-0.39, 0.29) is 19.5 Å². The third-order valence-corrected chi connectivity index (χ3v) is 0.729. The maximum absolute atomic E-state index is 3.11. The topological polar surface area (TPSA) is 24.1 Å². The van der Waals surface area contributed by atoms with E-state index in [1.54, 1.807) is 0 Å². The van der Waals surface area contributed by atoms with Crippen molar-refractivity contribution >= 4 is 0 Å². The van der Waals surface area contributed by atoms with Crippen molar-refractivity contribution in [3.05, 3.63) is 0 Å². The maximum Gasteiger partial charge on any atom is 0.0455 e. The molecule has 0 aliphatic carbocycles. The van der Waals surface area contributed by atoms with Crippen LogP contribution in [0, 0.1) is 0 Å². The normalized spacial score (nSPS) is 20.0. The minimum atomic E-state index is 0. The molecule has 0 saturated carbocycles. The summed E-state index contributed by atoms with van der Waals surface area (Å²) < 4.78 is 0. The largest absolute Gasteiger partial charge is 0.303 e. The molecule has 0 aromatic heterocycles. The van der Waals surface area contributed by atoms with E-state index in [4.69, 9.17) is 0 Å². The molecule has 2 N–H and O–H groups in total. The quantitative estimate of drug-likeness (QED) is 0.465. The van der Waals surface area contributed by atoms with Crippen LogP contribution in [0.15, 0.2) is 0 Å². The van der Waals surface area contributed by atoms with Crippen molar-refractivity contribution < 1.29 is 19.5 Å². The standard InChI is InChI=1S/C3H8N2.Ru/c1-2-5-3-4-1;/h4-5H,1-3H2;. The van der Waals surface area contributed by atoms with Crippen molar-refractivity contribution in [3.8, 4) is 0 Å². The van der Waals surface area contributed by atoms with E-state index in [9.17, 15) is 0 Å². The first-order valence-corrected chi connectivity index (χ1v) is 1.91. The minimum Gasteiger partial charge on any atom is -0.303 e. The Morgan fingerprint density at radius 3 is 1.67 bits per heavy atom. The molecule has 0 aromatic carbocycles. The first-order chi connectivity index (χ1) is 2.50. The SMILES string of the molecule is C1CNCN1.[Ru]. The number of rotatable bonds is 0. The molecule has 0 atom stereocenters. The Morgan fingerprint density at radius 1 is 1.00 bits per heavy atom. The van der Waals surface area contributed by atoms with E-state index in [2.05, 4.69) is 10.6 Å². The van der Waals surface area contributed by atoms with Crippen LogP contribution in [0.3, 0.4) is 0 Å². The molecule has 0 aromatic rings. The predicted molar refractivity (Wildman–Crippen MR) is 20.9 cm³/mol. The van der Waals surface area contributed by atoms with Crippen LogP contribution in [0.1, 0.15) is 0 Å². The number of nitrogens with one attached hydrogen (secondary N) is 2. The second-order valence-corrected chi connectivity index (χ2v) is 1.18. The molecule has 0 radical (unpaired) electrons. The van der Waals surface area contributed by atoms with E-state index < -0.39 is 0 Å². The summed E-state index contributed by atoms with van der Waals surface area (Å²) in [6, 6.07) is 0. The Bertz CT molecular complexity index is 20.4. The molecule has 0 spiro atoms. The summed E-state index contributed by atoms with van der Waals surface area (Å²) in [5.74, 6) is 0. The fourth-order valence-electron chi connectivity index (χ4n) is 0.442. The van der Waals surface area contributed by atoms with Gasteiger partial charge >= 0.3 is 0 Å². The van der Waals surface area contributed by atoms with E-state index >= 15 is 0 Å². The predicted octanol–water partition coefficient (Wildman–Crippen LogP) is -0.866. The van der Waals surface area contributed by atoms with Crippen LogP contribution in [0.25, 0.3) is 0 Å². The third-order valence-electron chi connectivity index (χ3n) is 0.729. The van der Waals surface area contributed by atoms with Crippen LogP contribution in [0.5, 0.6) is 0 Å². The summed E-state index contributed by atoms with van der Waals surface area (Å²) in [5.41, 5.74) is 0. The van der Waals surface area contributed by atoms with E-state index in [1.165, 1.54) is 0 Å². The second kappa shape index (κ2) is 3.72. The van der Waals surface area contributed by atoms with Gasteiger partial charge in [-0.25, -0.2) is 0 Å². The van der Waals surface area contributed by atoms with Crippen LogP contribution in [0.2, 0.25) is 0 Å². The molecular weight excluding hydrogens is 165 g/mol. The van der Waals surface area contributed by atoms with E-state index in [0.717, 1.165) is 19.8 Å². The van der Waals surface area contributed by atoms with Gasteiger partial charge < -0.3 is 10.6 Å². The number of hydrogen-bond donors (Lipinski definition) is 2. The molecule has 0 amide bonds. The summed E-state index contributed by atoms with van der Waals surface area (Å²) in [6.07, 6.45) is 0. The van der Waals surface area contributed by atoms with Gasteiger partial charge in [0.1, 0.15) is 0 Å². The zero-order chi connectivity index (χ0) is 3.54.